The number of hydrogen-bond donors (Lipinski definition) is 0. The van der Waals surface area contributed by atoms with Gasteiger partial charge in [-0.25, -0.2) is 4.79 Å². The topological polar surface area (TPSA) is 35.5 Å². The quantitative estimate of drug-likeness (QED) is 0.346. The molecule has 0 aliphatic carbocycles. The van der Waals surface area contributed by atoms with Crippen LogP contribution in [0.5, 0.6) is 0 Å². The largest absolute Gasteiger partial charge is 0.425 e. The van der Waals surface area contributed by atoms with Gasteiger partial charge in [0.15, 0.2) is 0 Å². The van der Waals surface area contributed by atoms with E-state index in [1.165, 1.54) is 0 Å². The minimum atomic E-state index is -0.457. The van der Waals surface area contributed by atoms with Crippen molar-refractivity contribution in [1.82, 2.24) is 0 Å². The second-order valence-electron chi connectivity index (χ2n) is 2.15. The van der Waals surface area contributed by atoms with Gasteiger partial charge in [-0.1, -0.05) is 13.5 Å². The van der Waals surface area contributed by atoms with Crippen LogP contribution in [0.15, 0.2) is 12.2 Å². The van der Waals surface area contributed by atoms with Crippen LogP contribution in [0.4, 0.5) is 0 Å². The Bertz CT molecular complexity index is 140. The Labute approximate surface area is 67.0 Å². The van der Waals surface area contributed by atoms with E-state index in [0.29, 0.717) is 12.2 Å². The summed E-state index contributed by atoms with van der Waals surface area (Å²) in [5.41, 5.74) is 0.362. The summed E-state index contributed by atoms with van der Waals surface area (Å²) in [6.07, 6.45) is 0.890. The average molecular weight is 157 g/mol. The van der Waals surface area contributed by atoms with Gasteiger partial charge < -0.3 is 9.47 Å². The monoisotopic (exact) mass is 157 g/mol. The summed E-state index contributed by atoms with van der Waals surface area (Å²) >= 11 is 0. The smallest absolute Gasteiger partial charge is 0.335 e. The number of carbonyl (C=O) groups excluding carboxylic acids is 1. The lowest BCUT2D eigenvalue weighted by Gasteiger charge is -2.01. The molecule has 1 radical (unpaired) electrons. The molecular weight excluding hydrogens is 144 g/mol. The second kappa shape index (κ2) is 5.92. The first-order valence-electron chi connectivity index (χ1n) is 3.48. The molecule has 0 bridgehead atoms. The van der Waals surface area contributed by atoms with Crippen LogP contribution >= 0.6 is 0 Å². The van der Waals surface area contributed by atoms with Crippen molar-refractivity contribution in [2.45, 2.75) is 20.3 Å². The fraction of sp³-hybridized carbons (Fsp3) is 0.500. The maximum atomic E-state index is 10.7. The second-order valence-corrected chi connectivity index (χ2v) is 2.15. The highest BCUT2D eigenvalue weighted by Gasteiger charge is 2.01. The van der Waals surface area contributed by atoms with Crippen LogP contribution in [0.1, 0.15) is 20.3 Å². The molecule has 0 aliphatic heterocycles. The summed E-state index contributed by atoms with van der Waals surface area (Å²) in [4.78, 5) is 10.7. The van der Waals surface area contributed by atoms with Gasteiger partial charge in [-0.3, -0.25) is 0 Å². The first-order chi connectivity index (χ1) is 5.18. The van der Waals surface area contributed by atoms with Gasteiger partial charge in [0.1, 0.15) is 0 Å². The number of rotatable bonds is 5. The van der Waals surface area contributed by atoms with Gasteiger partial charge in [-0.15, -0.1) is 0 Å². The van der Waals surface area contributed by atoms with E-state index in [1.54, 1.807) is 6.92 Å². The van der Waals surface area contributed by atoms with Crippen LogP contribution in [-0.4, -0.2) is 12.6 Å². The van der Waals surface area contributed by atoms with E-state index < -0.39 is 5.97 Å². The molecule has 0 amide bonds. The van der Waals surface area contributed by atoms with Crippen LogP contribution < -0.4 is 0 Å². The molecule has 0 aromatic rings. The molecule has 3 heteroatoms. The van der Waals surface area contributed by atoms with E-state index in [-0.39, 0.29) is 0 Å². The van der Waals surface area contributed by atoms with Gasteiger partial charge in [-0.05, 0) is 13.3 Å². The fourth-order valence-corrected chi connectivity index (χ4v) is 0.344. The predicted molar refractivity (Wildman–Crippen MR) is 41.4 cm³/mol. The summed E-state index contributed by atoms with van der Waals surface area (Å²) in [5, 5.41) is 0. The van der Waals surface area contributed by atoms with Crippen molar-refractivity contribution >= 4 is 5.97 Å². The van der Waals surface area contributed by atoms with Crippen molar-refractivity contribution in [2.75, 3.05) is 6.61 Å². The zero-order valence-corrected chi connectivity index (χ0v) is 6.92. The van der Waals surface area contributed by atoms with Gasteiger partial charge >= 0.3 is 5.97 Å². The van der Waals surface area contributed by atoms with E-state index in [0.717, 1.165) is 13.2 Å². The predicted octanol–water partition coefficient (Wildman–Crippen LogP) is 1.65. The molecule has 0 aliphatic rings. The molecule has 0 spiro atoms. The van der Waals surface area contributed by atoms with Gasteiger partial charge in [-0.2, -0.15) is 0 Å². The van der Waals surface area contributed by atoms with Crippen LogP contribution in [0.3, 0.4) is 0 Å². The van der Waals surface area contributed by atoms with Crippen molar-refractivity contribution in [3.05, 3.63) is 18.9 Å². The summed E-state index contributed by atoms with van der Waals surface area (Å²) in [5.74, 6) is -0.457. The highest BCUT2D eigenvalue weighted by Crippen LogP contribution is 1.95. The summed E-state index contributed by atoms with van der Waals surface area (Å²) < 4.78 is 9.31. The van der Waals surface area contributed by atoms with Gasteiger partial charge in [0.2, 0.25) is 0 Å². The molecular formula is C8H13O3. The molecule has 0 saturated heterocycles. The zero-order chi connectivity index (χ0) is 8.69. The highest BCUT2D eigenvalue weighted by molar-refractivity contribution is 5.87. The maximum absolute atomic E-state index is 10.7. The van der Waals surface area contributed by atoms with E-state index in [2.05, 4.69) is 11.3 Å². The molecule has 0 atom stereocenters. The third kappa shape index (κ3) is 5.61. The van der Waals surface area contributed by atoms with Crippen molar-refractivity contribution in [3.63, 3.8) is 0 Å². The Balaban J connectivity index is 3.25. The molecule has 0 heterocycles. The van der Waals surface area contributed by atoms with Crippen LogP contribution in [0, 0.1) is 6.79 Å². The molecule has 0 saturated carbocycles. The Morgan fingerprint density at radius 2 is 2.27 bits per heavy atom. The molecule has 11 heavy (non-hydrogen) atoms. The Kier molecular flexibility index (Phi) is 5.47. The van der Waals surface area contributed by atoms with Crippen molar-refractivity contribution < 1.29 is 14.3 Å². The molecule has 0 unspecified atom stereocenters. The third-order valence-corrected chi connectivity index (χ3v) is 0.894. The SMILES string of the molecule is C=C(C)C(=O)O[CH]OCCC. The van der Waals surface area contributed by atoms with Crippen LogP contribution in [-0.2, 0) is 14.3 Å². The normalized spacial score (nSPS) is 9.27. The fourth-order valence-electron chi connectivity index (χ4n) is 0.344. The van der Waals surface area contributed by atoms with Crippen LogP contribution in [0.2, 0.25) is 0 Å². The van der Waals surface area contributed by atoms with E-state index in [4.69, 9.17) is 4.74 Å². The average Bonchev–Trinajstić information content (AvgIpc) is 1.97. The lowest BCUT2D eigenvalue weighted by Crippen LogP contribution is -2.04. The molecule has 63 valence electrons. The standard InChI is InChI=1S/C8H13O3/c1-4-5-10-6-11-8(9)7(2)3/h6H,2,4-5H2,1,3H3. The first-order valence-corrected chi connectivity index (χ1v) is 3.48. The Morgan fingerprint density at radius 1 is 1.64 bits per heavy atom. The van der Waals surface area contributed by atoms with E-state index in [1.807, 2.05) is 6.92 Å². The Hall–Kier alpha value is -0.830. The summed E-state index contributed by atoms with van der Waals surface area (Å²) in [6, 6.07) is 0. The number of hydrogen-bond acceptors (Lipinski definition) is 3. The highest BCUT2D eigenvalue weighted by atomic mass is 16.7. The van der Waals surface area contributed by atoms with Crippen molar-refractivity contribution in [3.8, 4) is 0 Å². The van der Waals surface area contributed by atoms with Crippen LogP contribution in [0.25, 0.3) is 0 Å². The van der Waals surface area contributed by atoms with Gasteiger partial charge in [0.25, 0.3) is 6.79 Å². The third-order valence-electron chi connectivity index (χ3n) is 0.894. The van der Waals surface area contributed by atoms with Crippen molar-refractivity contribution in [1.29, 1.82) is 0 Å². The number of carbonyl (C=O) groups is 1. The summed E-state index contributed by atoms with van der Waals surface area (Å²) in [6.45, 7) is 8.55. The minimum absolute atomic E-state index is 0.362. The van der Waals surface area contributed by atoms with E-state index >= 15 is 0 Å². The Morgan fingerprint density at radius 3 is 2.73 bits per heavy atom. The molecule has 0 aromatic heterocycles. The molecule has 0 fully saturated rings. The minimum Gasteiger partial charge on any atom is -0.425 e. The zero-order valence-electron chi connectivity index (χ0n) is 6.92. The molecule has 0 aromatic carbocycles. The van der Waals surface area contributed by atoms with Crippen molar-refractivity contribution in [2.24, 2.45) is 0 Å². The maximum Gasteiger partial charge on any atom is 0.335 e. The molecule has 0 N–H and O–H groups in total. The van der Waals surface area contributed by atoms with Gasteiger partial charge in [0.05, 0.1) is 6.61 Å². The van der Waals surface area contributed by atoms with E-state index in [9.17, 15) is 4.79 Å². The lowest BCUT2D eigenvalue weighted by molar-refractivity contribution is -0.141. The summed E-state index contributed by atoms with van der Waals surface area (Å²) in [7, 11) is 0. The number of ether oxygens (including phenoxy) is 2. The lowest BCUT2D eigenvalue weighted by atomic mass is 10.4. The van der Waals surface area contributed by atoms with Gasteiger partial charge in [0, 0.05) is 5.57 Å². The number of esters is 1. The first kappa shape index (κ1) is 10.2. The molecule has 0 rings (SSSR count). The molecule has 3 nitrogen and oxygen atoms in total.